The molecule has 2 rings (SSSR count). The summed E-state index contributed by atoms with van der Waals surface area (Å²) in [4.78, 5) is 12.1. The molecule has 9 heteroatoms. The average molecular weight is 348 g/mol. The largest absolute Gasteiger partial charge is 0.379 e. The number of sulfonamides is 1. The van der Waals surface area contributed by atoms with Gasteiger partial charge < -0.3 is 10.1 Å². The van der Waals surface area contributed by atoms with Crippen LogP contribution in [-0.2, 0) is 14.8 Å². The van der Waals surface area contributed by atoms with Gasteiger partial charge >= 0.3 is 0 Å². The number of rotatable bonds is 5. The van der Waals surface area contributed by atoms with E-state index >= 15 is 0 Å². The minimum atomic E-state index is -3.45. The summed E-state index contributed by atoms with van der Waals surface area (Å²) >= 11 is 0. The molecule has 1 N–H and O–H groups in total. The van der Waals surface area contributed by atoms with Crippen LogP contribution < -0.4 is 5.32 Å². The van der Waals surface area contributed by atoms with Crippen molar-refractivity contribution in [2.75, 3.05) is 33.1 Å². The Bertz CT molecular complexity index is 674. The quantitative estimate of drug-likeness (QED) is 0.846. The lowest BCUT2D eigenvalue weighted by atomic mass is 10.1. The molecule has 1 amide bonds. The molecule has 1 aliphatic heterocycles. The van der Waals surface area contributed by atoms with Crippen molar-refractivity contribution in [3.05, 3.63) is 35.4 Å². The van der Waals surface area contributed by atoms with Crippen LogP contribution in [0, 0.1) is 17.6 Å². The van der Waals surface area contributed by atoms with E-state index in [0.29, 0.717) is 6.07 Å². The highest BCUT2D eigenvalue weighted by atomic mass is 32.2. The van der Waals surface area contributed by atoms with Crippen molar-refractivity contribution in [2.45, 2.75) is 6.04 Å². The number of hydrogen-bond acceptors (Lipinski definition) is 4. The molecule has 1 fully saturated rings. The standard InChI is InChI=1S/C14H18F2N2O4S/c1-18(2)23(20,21)8-10-6-22-7-13(10)17-14(19)9-3-11(15)5-12(16)4-9/h3-5,10,13H,6-8H2,1-2H3,(H,17,19)/t10-,13+/m0/s1. The van der Waals surface area contributed by atoms with Gasteiger partial charge in [0, 0.05) is 31.6 Å². The Balaban J connectivity index is 2.07. The van der Waals surface area contributed by atoms with E-state index < -0.39 is 39.5 Å². The molecule has 0 bridgehead atoms. The molecule has 1 aromatic carbocycles. The number of carbonyl (C=O) groups excluding carboxylic acids is 1. The average Bonchev–Trinajstić information content (AvgIpc) is 2.84. The molecule has 0 aliphatic carbocycles. The van der Waals surface area contributed by atoms with Gasteiger partial charge in [-0.15, -0.1) is 0 Å². The Labute approximate surface area is 133 Å². The van der Waals surface area contributed by atoms with Gasteiger partial charge in [0.25, 0.3) is 5.91 Å². The van der Waals surface area contributed by atoms with Crippen LogP contribution in [-0.4, -0.2) is 57.7 Å². The third-order valence-electron chi connectivity index (χ3n) is 3.62. The highest BCUT2D eigenvalue weighted by molar-refractivity contribution is 7.89. The van der Waals surface area contributed by atoms with Crippen LogP contribution >= 0.6 is 0 Å². The maximum absolute atomic E-state index is 13.2. The van der Waals surface area contributed by atoms with Crippen LogP contribution in [0.15, 0.2) is 18.2 Å². The van der Waals surface area contributed by atoms with E-state index in [1.165, 1.54) is 14.1 Å². The van der Waals surface area contributed by atoms with Gasteiger partial charge in [0.2, 0.25) is 10.0 Å². The first kappa shape index (κ1) is 17.8. The molecular formula is C14H18F2N2O4S. The predicted octanol–water partition coefficient (Wildman–Crippen LogP) is 0.601. The number of nitrogens with one attached hydrogen (secondary N) is 1. The first-order valence-corrected chi connectivity index (χ1v) is 8.55. The highest BCUT2D eigenvalue weighted by Crippen LogP contribution is 2.18. The van der Waals surface area contributed by atoms with Crippen LogP contribution in [0.3, 0.4) is 0 Å². The maximum atomic E-state index is 13.2. The molecule has 1 aromatic rings. The van der Waals surface area contributed by atoms with Crippen molar-refractivity contribution in [3.8, 4) is 0 Å². The third-order valence-corrected chi connectivity index (χ3v) is 5.58. The molecule has 1 heterocycles. The second-order valence-electron chi connectivity index (χ2n) is 5.60. The van der Waals surface area contributed by atoms with Crippen molar-refractivity contribution in [2.24, 2.45) is 5.92 Å². The van der Waals surface area contributed by atoms with Crippen LogP contribution in [0.5, 0.6) is 0 Å². The molecule has 0 aromatic heterocycles. The highest BCUT2D eigenvalue weighted by Gasteiger charge is 2.34. The zero-order valence-corrected chi connectivity index (χ0v) is 13.6. The molecule has 0 saturated carbocycles. The van der Waals surface area contributed by atoms with E-state index in [0.717, 1.165) is 16.4 Å². The summed E-state index contributed by atoms with van der Waals surface area (Å²) in [7, 11) is -0.597. The molecule has 0 radical (unpaired) electrons. The molecule has 6 nitrogen and oxygen atoms in total. The van der Waals surface area contributed by atoms with Gasteiger partial charge in [-0.05, 0) is 12.1 Å². The zero-order chi connectivity index (χ0) is 17.2. The SMILES string of the molecule is CN(C)S(=O)(=O)C[C@@H]1COC[C@H]1NC(=O)c1cc(F)cc(F)c1. The third kappa shape index (κ3) is 4.46. The summed E-state index contributed by atoms with van der Waals surface area (Å²) in [6, 6.07) is 1.96. The van der Waals surface area contributed by atoms with E-state index in [1.54, 1.807) is 0 Å². The molecule has 1 aliphatic rings. The van der Waals surface area contributed by atoms with Crippen LogP contribution in [0.4, 0.5) is 8.78 Å². The van der Waals surface area contributed by atoms with Gasteiger partial charge in [-0.3, -0.25) is 4.79 Å². The summed E-state index contributed by atoms with van der Waals surface area (Å²) in [6.07, 6.45) is 0. The second kappa shape index (κ2) is 6.90. The van der Waals surface area contributed by atoms with Crippen molar-refractivity contribution >= 4 is 15.9 Å². The molecule has 1 saturated heterocycles. The van der Waals surface area contributed by atoms with Gasteiger partial charge in [0.15, 0.2) is 0 Å². The normalized spacial score (nSPS) is 21.6. The molecular weight excluding hydrogens is 330 g/mol. The molecule has 2 atom stereocenters. The van der Waals surface area contributed by atoms with Crippen LogP contribution in [0.1, 0.15) is 10.4 Å². The van der Waals surface area contributed by atoms with Crippen LogP contribution in [0.25, 0.3) is 0 Å². The van der Waals surface area contributed by atoms with Gasteiger partial charge in [0.1, 0.15) is 11.6 Å². The van der Waals surface area contributed by atoms with E-state index in [2.05, 4.69) is 5.32 Å². The van der Waals surface area contributed by atoms with E-state index in [4.69, 9.17) is 4.74 Å². The van der Waals surface area contributed by atoms with E-state index in [9.17, 15) is 22.0 Å². The zero-order valence-electron chi connectivity index (χ0n) is 12.8. The number of halogens is 2. The predicted molar refractivity (Wildman–Crippen MR) is 79.4 cm³/mol. The van der Waals surface area contributed by atoms with Crippen molar-refractivity contribution in [1.29, 1.82) is 0 Å². The first-order valence-electron chi connectivity index (χ1n) is 6.94. The van der Waals surface area contributed by atoms with Crippen molar-refractivity contribution in [3.63, 3.8) is 0 Å². The lowest BCUT2D eigenvalue weighted by Crippen LogP contribution is -2.43. The number of benzene rings is 1. The fourth-order valence-electron chi connectivity index (χ4n) is 2.28. The molecule has 128 valence electrons. The Kier molecular flexibility index (Phi) is 5.33. The smallest absolute Gasteiger partial charge is 0.251 e. The number of hydrogen-bond donors (Lipinski definition) is 1. The Hall–Kier alpha value is -1.58. The first-order chi connectivity index (χ1) is 10.7. The summed E-state index contributed by atoms with van der Waals surface area (Å²) in [5.74, 6) is -2.99. The number of ether oxygens (including phenoxy) is 1. The van der Waals surface area contributed by atoms with Gasteiger partial charge in [-0.1, -0.05) is 0 Å². The minimum absolute atomic E-state index is 0.150. The summed E-state index contributed by atoms with van der Waals surface area (Å²) < 4.78 is 56.5. The summed E-state index contributed by atoms with van der Waals surface area (Å²) in [5.41, 5.74) is -0.163. The second-order valence-corrected chi connectivity index (χ2v) is 7.82. The summed E-state index contributed by atoms with van der Waals surface area (Å²) in [5, 5.41) is 2.58. The molecule has 0 unspecified atom stereocenters. The van der Waals surface area contributed by atoms with Gasteiger partial charge in [0.05, 0.1) is 25.0 Å². The Morgan fingerprint density at radius 3 is 2.43 bits per heavy atom. The van der Waals surface area contributed by atoms with Crippen LogP contribution in [0.2, 0.25) is 0 Å². The fourth-order valence-corrected chi connectivity index (χ4v) is 3.45. The Morgan fingerprint density at radius 2 is 1.87 bits per heavy atom. The molecule has 23 heavy (non-hydrogen) atoms. The minimum Gasteiger partial charge on any atom is -0.379 e. The van der Waals surface area contributed by atoms with Gasteiger partial charge in [-0.25, -0.2) is 21.5 Å². The summed E-state index contributed by atoms with van der Waals surface area (Å²) in [6.45, 7) is 0.340. The Morgan fingerprint density at radius 1 is 1.26 bits per heavy atom. The maximum Gasteiger partial charge on any atom is 0.251 e. The van der Waals surface area contributed by atoms with Gasteiger partial charge in [-0.2, -0.15) is 0 Å². The molecule has 0 spiro atoms. The van der Waals surface area contributed by atoms with E-state index in [1.807, 2.05) is 0 Å². The fraction of sp³-hybridized carbons (Fsp3) is 0.500. The number of nitrogens with zero attached hydrogens (tertiary/aromatic N) is 1. The topological polar surface area (TPSA) is 75.7 Å². The number of carbonyl (C=O) groups is 1. The lowest BCUT2D eigenvalue weighted by molar-refractivity contribution is 0.0925. The van der Waals surface area contributed by atoms with E-state index in [-0.39, 0.29) is 24.5 Å². The lowest BCUT2D eigenvalue weighted by Gasteiger charge is -2.21. The van der Waals surface area contributed by atoms with Crippen molar-refractivity contribution < 1.29 is 26.7 Å². The monoisotopic (exact) mass is 348 g/mol. The number of amides is 1. The van der Waals surface area contributed by atoms with Crippen molar-refractivity contribution in [1.82, 2.24) is 9.62 Å².